The van der Waals surface area contributed by atoms with Gasteiger partial charge in [0.15, 0.2) is 0 Å². The zero-order valence-corrected chi connectivity index (χ0v) is 9.99. The van der Waals surface area contributed by atoms with E-state index in [1.807, 2.05) is 24.3 Å². The van der Waals surface area contributed by atoms with Crippen LogP contribution in [0.3, 0.4) is 0 Å². The van der Waals surface area contributed by atoms with Crippen LogP contribution >= 0.6 is 0 Å². The van der Waals surface area contributed by atoms with E-state index in [9.17, 15) is 8.78 Å². The Morgan fingerprint density at radius 2 is 1.68 bits per heavy atom. The van der Waals surface area contributed by atoms with Crippen LogP contribution in [0.1, 0.15) is 5.56 Å². The van der Waals surface area contributed by atoms with Crippen molar-refractivity contribution in [1.82, 2.24) is 0 Å². The molecule has 3 aromatic rings. The van der Waals surface area contributed by atoms with Crippen LogP contribution in [-0.4, -0.2) is 0 Å². The summed E-state index contributed by atoms with van der Waals surface area (Å²) < 4.78 is 32.3. The second kappa shape index (κ2) is 4.72. The van der Waals surface area contributed by atoms with Gasteiger partial charge in [0, 0.05) is 17.5 Å². The molecule has 0 saturated heterocycles. The molecule has 19 heavy (non-hydrogen) atoms. The van der Waals surface area contributed by atoms with E-state index in [0.29, 0.717) is 6.54 Å². The van der Waals surface area contributed by atoms with Gasteiger partial charge in [-0.2, -0.15) is 0 Å². The lowest BCUT2D eigenvalue weighted by Crippen LogP contribution is -2.03. The fourth-order valence-corrected chi connectivity index (χ4v) is 2.02. The first kappa shape index (κ1) is 11.7. The fraction of sp³-hybridized carbons (Fsp3) is 0.0667. The molecule has 2 aromatic carbocycles. The normalized spacial score (nSPS) is 10.8. The van der Waals surface area contributed by atoms with Crippen LogP contribution in [0.15, 0.2) is 53.1 Å². The molecule has 0 fully saturated rings. The average molecular weight is 259 g/mol. The van der Waals surface area contributed by atoms with Gasteiger partial charge in [-0.1, -0.05) is 24.3 Å². The molecule has 1 heterocycles. The lowest BCUT2D eigenvalue weighted by molar-refractivity contribution is 0.587. The van der Waals surface area contributed by atoms with Crippen LogP contribution < -0.4 is 5.32 Å². The quantitative estimate of drug-likeness (QED) is 0.757. The first-order valence-corrected chi connectivity index (χ1v) is 5.88. The third-order valence-electron chi connectivity index (χ3n) is 2.98. The molecule has 1 aromatic heterocycles. The number of fused-ring (bicyclic) bond motifs is 1. The number of hydrogen-bond donors (Lipinski definition) is 1. The Kier molecular flexibility index (Phi) is 2.91. The summed E-state index contributed by atoms with van der Waals surface area (Å²) in [6, 6.07) is 11.3. The van der Waals surface area contributed by atoms with Gasteiger partial charge in [-0.05, 0) is 18.2 Å². The SMILES string of the molecule is Fc1cccc(F)c1NCc1coc2ccccc12. The minimum Gasteiger partial charge on any atom is -0.464 e. The Bertz CT molecular complexity index is 701. The maximum Gasteiger partial charge on any atom is 0.149 e. The van der Waals surface area contributed by atoms with Gasteiger partial charge in [-0.15, -0.1) is 0 Å². The van der Waals surface area contributed by atoms with Crippen molar-refractivity contribution in [2.45, 2.75) is 6.54 Å². The number of furan rings is 1. The molecule has 0 bridgehead atoms. The first-order valence-electron chi connectivity index (χ1n) is 5.88. The van der Waals surface area contributed by atoms with Gasteiger partial charge < -0.3 is 9.73 Å². The zero-order chi connectivity index (χ0) is 13.2. The third kappa shape index (κ3) is 2.17. The van der Waals surface area contributed by atoms with Gasteiger partial charge in [0.1, 0.15) is 22.9 Å². The maximum absolute atomic E-state index is 13.5. The van der Waals surface area contributed by atoms with Crippen LogP contribution in [0.5, 0.6) is 0 Å². The third-order valence-corrected chi connectivity index (χ3v) is 2.98. The summed E-state index contributed by atoms with van der Waals surface area (Å²) in [6.07, 6.45) is 1.59. The molecule has 0 aliphatic heterocycles. The van der Waals surface area contributed by atoms with Crippen LogP contribution in [-0.2, 0) is 6.54 Å². The van der Waals surface area contributed by atoms with Gasteiger partial charge >= 0.3 is 0 Å². The Hall–Kier alpha value is -2.36. The summed E-state index contributed by atoms with van der Waals surface area (Å²) in [7, 11) is 0. The molecule has 0 unspecified atom stereocenters. The van der Waals surface area contributed by atoms with Crippen molar-refractivity contribution in [1.29, 1.82) is 0 Å². The van der Waals surface area contributed by atoms with Crippen molar-refractivity contribution in [3.63, 3.8) is 0 Å². The predicted octanol–water partition coefficient (Wildman–Crippen LogP) is 4.32. The number of para-hydroxylation sites is 2. The molecule has 2 nitrogen and oxygen atoms in total. The zero-order valence-electron chi connectivity index (χ0n) is 9.99. The largest absolute Gasteiger partial charge is 0.464 e. The summed E-state index contributed by atoms with van der Waals surface area (Å²) in [5.74, 6) is -1.21. The fourth-order valence-electron chi connectivity index (χ4n) is 2.02. The summed E-state index contributed by atoms with van der Waals surface area (Å²) in [6.45, 7) is 0.300. The first-order chi connectivity index (χ1) is 9.25. The van der Waals surface area contributed by atoms with Crippen molar-refractivity contribution >= 4 is 16.7 Å². The van der Waals surface area contributed by atoms with E-state index in [-0.39, 0.29) is 5.69 Å². The number of hydrogen-bond acceptors (Lipinski definition) is 2. The van der Waals surface area contributed by atoms with Gasteiger partial charge in [0.05, 0.1) is 6.26 Å². The Labute approximate surface area is 108 Å². The number of rotatable bonds is 3. The number of halogens is 2. The summed E-state index contributed by atoms with van der Waals surface area (Å²) in [5, 5.41) is 3.70. The average Bonchev–Trinajstić information content (AvgIpc) is 2.82. The molecule has 0 aliphatic rings. The molecular weight excluding hydrogens is 248 g/mol. The molecule has 0 aliphatic carbocycles. The molecule has 0 atom stereocenters. The molecule has 0 amide bonds. The lowest BCUT2D eigenvalue weighted by atomic mass is 10.2. The Balaban J connectivity index is 1.87. The standard InChI is InChI=1S/C15H11F2NO/c16-12-5-3-6-13(17)15(12)18-8-10-9-19-14-7-2-1-4-11(10)14/h1-7,9,18H,8H2. The predicted molar refractivity (Wildman–Crippen MR) is 69.9 cm³/mol. The van der Waals surface area contributed by atoms with Crippen molar-refractivity contribution in [2.24, 2.45) is 0 Å². The van der Waals surface area contributed by atoms with Crippen LogP contribution in [0, 0.1) is 11.6 Å². The van der Waals surface area contributed by atoms with E-state index in [1.165, 1.54) is 18.2 Å². The monoisotopic (exact) mass is 259 g/mol. The van der Waals surface area contributed by atoms with Crippen LogP contribution in [0.25, 0.3) is 11.0 Å². The minimum absolute atomic E-state index is 0.118. The van der Waals surface area contributed by atoms with E-state index < -0.39 is 11.6 Å². The highest BCUT2D eigenvalue weighted by Crippen LogP contribution is 2.23. The molecular formula is C15H11F2NO. The highest BCUT2D eigenvalue weighted by molar-refractivity contribution is 5.81. The van der Waals surface area contributed by atoms with E-state index in [4.69, 9.17) is 4.42 Å². The second-order valence-electron chi connectivity index (χ2n) is 4.21. The molecule has 1 N–H and O–H groups in total. The van der Waals surface area contributed by atoms with E-state index in [1.54, 1.807) is 6.26 Å². The Morgan fingerprint density at radius 1 is 0.947 bits per heavy atom. The van der Waals surface area contributed by atoms with E-state index >= 15 is 0 Å². The van der Waals surface area contributed by atoms with Gasteiger partial charge in [0.25, 0.3) is 0 Å². The van der Waals surface area contributed by atoms with Gasteiger partial charge in [-0.25, -0.2) is 8.78 Å². The highest BCUT2D eigenvalue weighted by Gasteiger charge is 2.09. The minimum atomic E-state index is -0.604. The summed E-state index contributed by atoms with van der Waals surface area (Å²) in [5.41, 5.74) is 1.50. The Morgan fingerprint density at radius 3 is 2.47 bits per heavy atom. The molecule has 3 rings (SSSR count). The lowest BCUT2D eigenvalue weighted by Gasteiger charge is -2.07. The van der Waals surface area contributed by atoms with Crippen LogP contribution in [0.2, 0.25) is 0 Å². The number of anilines is 1. The number of benzene rings is 2. The molecule has 0 spiro atoms. The molecule has 96 valence electrons. The second-order valence-corrected chi connectivity index (χ2v) is 4.21. The highest BCUT2D eigenvalue weighted by atomic mass is 19.1. The van der Waals surface area contributed by atoms with Gasteiger partial charge in [-0.3, -0.25) is 0 Å². The topological polar surface area (TPSA) is 25.2 Å². The molecule has 0 radical (unpaired) electrons. The maximum atomic E-state index is 13.5. The van der Waals surface area contributed by atoms with Crippen molar-refractivity contribution in [3.8, 4) is 0 Å². The number of nitrogens with one attached hydrogen (secondary N) is 1. The van der Waals surface area contributed by atoms with Crippen molar-refractivity contribution in [3.05, 3.63) is 65.9 Å². The van der Waals surface area contributed by atoms with Crippen molar-refractivity contribution < 1.29 is 13.2 Å². The van der Waals surface area contributed by atoms with Crippen molar-refractivity contribution in [2.75, 3.05) is 5.32 Å². The summed E-state index contributed by atoms with van der Waals surface area (Å²) >= 11 is 0. The van der Waals surface area contributed by atoms with Crippen LogP contribution in [0.4, 0.5) is 14.5 Å². The molecule has 0 saturated carbocycles. The van der Waals surface area contributed by atoms with E-state index in [0.717, 1.165) is 16.5 Å². The van der Waals surface area contributed by atoms with Gasteiger partial charge in [0.2, 0.25) is 0 Å². The van der Waals surface area contributed by atoms with E-state index in [2.05, 4.69) is 5.32 Å². The summed E-state index contributed by atoms with van der Waals surface area (Å²) in [4.78, 5) is 0. The smallest absolute Gasteiger partial charge is 0.149 e. The molecule has 4 heteroatoms.